The molecule has 1 aromatic rings. The van der Waals surface area contributed by atoms with E-state index in [2.05, 4.69) is 6.92 Å². The molecule has 0 N–H and O–H groups in total. The van der Waals surface area contributed by atoms with E-state index in [1.54, 1.807) is 11.0 Å². The molecule has 9 nitrogen and oxygen atoms in total. The van der Waals surface area contributed by atoms with Gasteiger partial charge in [-0.3, -0.25) is 14.9 Å². The monoisotopic (exact) mass is 391 g/mol. The Morgan fingerprint density at radius 2 is 2.04 bits per heavy atom. The number of carbonyl (C=O) groups is 2. The Labute approximate surface area is 163 Å². The zero-order chi connectivity index (χ0) is 20.1. The summed E-state index contributed by atoms with van der Waals surface area (Å²) in [5, 5.41) is 11.5. The van der Waals surface area contributed by atoms with Gasteiger partial charge in [-0.2, -0.15) is 0 Å². The summed E-state index contributed by atoms with van der Waals surface area (Å²) in [4.78, 5) is 39.0. The molecular weight excluding hydrogens is 366 g/mol. The average Bonchev–Trinajstić information content (AvgIpc) is 2.72. The summed E-state index contributed by atoms with van der Waals surface area (Å²) < 4.78 is 10.3. The number of morpholine rings is 1. The Morgan fingerprint density at radius 1 is 1.29 bits per heavy atom. The first-order valence-corrected chi connectivity index (χ1v) is 9.51. The van der Waals surface area contributed by atoms with Crippen LogP contribution >= 0.6 is 0 Å². The molecule has 0 radical (unpaired) electrons. The van der Waals surface area contributed by atoms with Gasteiger partial charge in [0.05, 0.1) is 23.7 Å². The van der Waals surface area contributed by atoms with Crippen LogP contribution in [0.25, 0.3) is 0 Å². The Morgan fingerprint density at radius 3 is 2.71 bits per heavy atom. The molecule has 2 fully saturated rings. The predicted molar refractivity (Wildman–Crippen MR) is 101 cm³/mol. The second kappa shape index (κ2) is 9.01. The Hall–Kier alpha value is -2.68. The quantitative estimate of drug-likeness (QED) is 0.429. The second-order valence-electron chi connectivity index (χ2n) is 7.22. The largest absolute Gasteiger partial charge is 0.452 e. The van der Waals surface area contributed by atoms with Gasteiger partial charge >= 0.3 is 5.97 Å². The maximum atomic E-state index is 12.3. The number of esters is 1. The third-order valence-corrected chi connectivity index (χ3v) is 5.10. The van der Waals surface area contributed by atoms with Gasteiger partial charge < -0.3 is 19.3 Å². The van der Waals surface area contributed by atoms with E-state index < -0.39 is 17.5 Å². The molecule has 3 rings (SSSR count). The highest BCUT2D eigenvalue weighted by Gasteiger charge is 2.26. The average molecular weight is 391 g/mol. The molecule has 2 aliphatic rings. The Bertz CT molecular complexity index is 747. The third-order valence-electron chi connectivity index (χ3n) is 5.10. The first kappa shape index (κ1) is 20.1. The van der Waals surface area contributed by atoms with Crippen molar-refractivity contribution >= 4 is 23.3 Å². The molecule has 2 saturated heterocycles. The van der Waals surface area contributed by atoms with Gasteiger partial charge in [-0.25, -0.2) is 4.79 Å². The number of nitro groups is 1. The fourth-order valence-corrected chi connectivity index (χ4v) is 3.59. The molecule has 2 aliphatic heterocycles. The lowest BCUT2D eigenvalue weighted by molar-refractivity contribution is -0.384. The number of hydrogen-bond acceptors (Lipinski definition) is 7. The Kier molecular flexibility index (Phi) is 6.45. The van der Waals surface area contributed by atoms with Crippen molar-refractivity contribution < 1.29 is 24.0 Å². The number of ether oxygens (including phenoxy) is 2. The van der Waals surface area contributed by atoms with Crippen molar-refractivity contribution in [2.24, 2.45) is 5.92 Å². The minimum Gasteiger partial charge on any atom is -0.452 e. The van der Waals surface area contributed by atoms with Gasteiger partial charge in [0.1, 0.15) is 5.69 Å². The topological polar surface area (TPSA) is 102 Å². The lowest BCUT2D eigenvalue weighted by Gasteiger charge is -2.32. The molecule has 1 aromatic carbocycles. The molecule has 2 heterocycles. The van der Waals surface area contributed by atoms with E-state index >= 15 is 0 Å². The summed E-state index contributed by atoms with van der Waals surface area (Å²) in [5.74, 6) is -0.586. The highest BCUT2D eigenvalue weighted by atomic mass is 16.6. The van der Waals surface area contributed by atoms with Crippen molar-refractivity contribution in [2.75, 3.05) is 50.9 Å². The van der Waals surface area contributed by atoms with Gasteiger partial charge in [0.15, 0.2) is 6.61 Å². The van der Waals surface area contributed by atoms with E-state index in [0.29, 0.717) is 37.9 Å². The standard InChI is InChI=1S/C19H25N3O6/c1-14-3-2-6-21(12-14)16-5-4-15(11-17(16)22(25)26)19(24)28-13-18(23)20-7-9-27-10-8-20/h4-5,11,14H,2-3,6-10,12-13H2,1H3. The van der Waals surface area contributed by atoms with Crippen LogP contribution in [0.15, 0.2) is 18.2 Å². The summed E-state index contributed by atoms with van der Waals surface area (Å²) >= 11 is 0. The smallest absolute Gasteiger partial charge is 0.338 e. The van der Waals surface area contributed by atoms with Crippen LogP contribution in [-0.4, -0.2) is 67.7 Å². The van der Waals surface area contributed by atoms with Crippen molar-refractivity contribution in [1.29, 1.82) is 0 Å². The van der Waals surface area contributed by atoms with Gasteiger partial charge in [-0.15, -0.1) is 0 Å². The lowest BCUT2D eigenvalue weighted by Crippen LogP contribution is -2.42. The molecule has 0 saturated carbocycles. The third kappa shape index (κ3) is 4.78. The van der Waals surface area contributed by atoms with E-state index in [4.69, 9.17) is 9.47 Å². The molecule has 0 aliphatic carbocycles. The maximum absolute atomic E-state index is 12.3. The van der Waals surface area contributed by atoms with Gasteiger partial charge in [-0.1, -0.05) is 6.92 Å². The van der Waals surface area contributed by atoms with Crippen LogP contribution in [0.3, 0.4) is 0 Å². The van der Waals surface area contributed by atoms with Crippen LogP contribution < -0.4 is 4.90 Å². The fraction of sp³-hybridized carbons (Fsp3) is 0.579. The number of anilines is 1. The summed E-state index contributed by atoms with van der Waals surface area (Å²) in [5.41, 5.74) is 0.454. The van der Waals surface area contributed by atoms with Crippen molar-refractivity contribution in [2.45, 2.75) is 19.8 Å². The van der Waals surface area contributed by atoms with E-state index in [1.807, 2.05) is 4.90 Å². The molecule has 1 unspecified atom stereocenters. The molecule has 1 amide bonds. The normalized spacial score (nSPS) is 20.0. The summed E-state index contributed by atoms with van der Waals surface area (Å²) in [6, 6.07) is 4.34. The molecule has 0 bridgehead atoms. The number of nitro benzene ring substituents is 1. The first-order valence-electron chi connectivity index (χ1n) is 9.51. The molecule has 152 valence electrons. The van der Waals surface area contributed by atoms with E-state index in [0.717, 1.165) is 25.9 Å². The van der Waals surface area contributed by atoms with Crippen molar-refractivity contribution in [3.63, 3.8) is 0 Å². The van der Waals surface area contributed by atoms with E-state index in [1.165, 1.54) is 12.1 Å². The zero-order valence-corrected chi connectivity index (χ0v) is 16.0. The highest BCUT2D eigenvalue weighted by Crippen LogP contribution is 2.32. The lowest BCUT2D eigenvalue weighted by atomic mass is 9.99. The zero-order valence-electron chi connectivity index (χ0n) is 16.0. The molecule has 0 spiro atoms. The van der Waals surface area contributed by atoms with Gasteiger partial charge in [-0.05, 0) is 30.9 Å². The number of nitrogens with zero attached hydrogens (tertiary/aromatic N) is 3. The summed E-state index contributed by atoms with van der Waals surface area (Å²) in [6.45, 7) is 5.08. The predicted octanol–water partition coefficient (Wildman–Crippen LogP) is 1.85. The van der Waals surface area contributed by atoms with Crippen LogP contribution in [0, 0.1) is 16.0 Å². The summed E-state index contributed by atoms with van der Waals surface area (Å²) in [6.07, 6.45) is 2.08. The number of benzene rings is 1. The number of rotatable bonds is 5. The second-order valence-corrected chi connectivity index (χ2v) is 7.22. The molecule has 9 heteroatoms. The molecular formula is C19H25N3O6. The minimum atomic E-state index is -0.747. The highest BCUT2D eigenvalue weighted by molar-refractivity contribution is 5.93. The number of amides is 1. The van der Waals surface area contributed by atoms with E-state index in [9.17, 15) is 19.7 Å². The van der Waals surface area contributed by atoms with Gasteiger partial charge in [0.2, 0.25) is 0 Å². The van der Waals surface area contributed by atoms with Gasteiger partial charge in [0, 0.05) is 32.2 Å². The SMILES string of the molecule is CC1CCCN(c2ccc(C(=O)OCC(=O)N3CCOCC3)cc2[N+](=O)[O-])C1. The van der Waals surface area contributed by atoms with Crippen LogP contribution in [-0.2, 0) is 14.3 Å². The van der Waals surface area contributed by atoms with Crippen LogP contribution in [0.2, 0.25) is 0 Å². The number of piperidine rings is 1. The summed E-state index contributed by atoms with van der Waals surface area (Å²) in [7, 11) is 0. The maximum Gasteiger partial charge on any atom is 0.338 e. The molecule has 28 heavy (non-hydrogen) atoms. The Balaban J connectivity index is 1.67. The number of carbonyl (C=O) groups excluding carboxylic acids is 2. The van der Waals surface area contributed by atoms with Crippen LogP contribution in [0.1, 0.15) is 30.1 Å². The van der Waals surface area contributed by atoms with Crippen molar-refractivity contribution in [3.05, 3.63) is 33.9 Å². The van der Waals surface area contributed by atoms with E-state index in [-0.39, 0.29) is 17.2 Å². The minimum absolute atomic E-state index is 0.0651. The fourth-order valence-electron chi connectivity index (χ4n) is 3.59. The van der Waals surface area contributed by atoms with Crippen molar-refractivity contribution in [3.8, 4) is 0 Å². The van der Waals surface area contributed by atoms with Crippen LogP contribution in [0.4, 0.5) is 11.4 Å². The van der Waals surface area contributed by atoms with Crippen LogP contribution in [0.5, 0.6) is 0 Å². The molecule has 0 aromatic heterocycles. The molecule has 1 atom stereocenters. The van der Waals surface area contributed by atoms with Crippen molar-refractivity contribution in [1.82, 2.24) is 4.90 Å². The number of hydrogen-bond donors (Lipinski definition) is 0. The first-order chi connectivity index (χ1) is 13.5. The van der Waals surface area contributed by atoms with Gasteiger partial charge in [0.25, 0.3) is 11.6 Å².